The van der Waals surface area contributed by atoms with E-state index < -0.39 is 10.0 Å². The number of halogens is 1. The Morgan fingerprint density at radius 2 is 1.80 bits per heavy atom. The number of nitrogens with one attached hydrogen (secondary N) is 2. The molecule has 8 heteroatoms. The minimum absolute atomic E-state index is 0.0645. The SMILES string of the molecule is Cc1cc(C)c(S(=O)(=O)NCCC(=O)NCc2cc(Br)cs2)c(C)c1. The van der Waals surface area contributed by atoms with Crippen molar-refractivity contribution in [3.05, 3.63) is 49.6 Å². The van der Waals surface area contributed by atoms with Gasteiger partial charge in [0.2, 0.25) is 15.9 Å². The zero-order valence-corrected chi connectivity index (χ0v) is 17.6. The van der Waals surface area contributed by atoms with Crippen LogP contribution < -0.4 is 10.0 Å². The third kappa shape index (κ3) is 5.64. The summed E-state index contributed by atoms with van der Waals surface area (Å²) in [6.07, 6.45) is 0.0930. The molecule has 1 aromatic heterocycles. The number of thiophene rings is 1. The number of hydrogen-bond acceptors (Lipinski definition) is 4. The summed E-state index contributed by atoms with van der Waals surface area (Å²) in [6.45, 7) is 5.99. The molecule has 0 atom stereocenters. The Balaban J connectivity index is 1.89. The van der Waals surface area contributed by atoms with E-state index in [-0.39, 0.29) is 18.9 Å². The van der Waals surface area contributed by atoms with Crippen molar-refractivity contribution in [1.82, 2.24) is 10.0 Å². The predicted molar refractivity (Wildman–Crippen MR) is 104 cm³/mol. The van der Waals surface area contributed by atoms with Gasteiger partial charge in [0.05, 0.1) is 11.4 Å². The molecule has 5 nitrogen and oxygen atoms in total. The van der Waals surface area contributed by atoms with Crippen LogP contribution in [-0.4, -0.2) is 20.9 Å². The number of hydrogen-bond donors (Lipinski definition) is 2. The summed E-state index contributed by atoms with van der Waals surface area (Å²) in [5, 5.41) is 4.73. The molecule has 1 aromatic carbocycles. The van der Waals surface area contributed by atoms with Gasteiger partial charge in [0.15, 0.2) is 0 Å². The first-order valence-electron chi connectivity index (χ1n) is 7.76. The van der Waals surface area contributed by atoms with Gasteiger partial charge in [-0.25, -0.2) is 13.1 Å². The number of carbonyl (C=O) groups excluding carboxylic acids is 1. The lowest BCUT2D eigenvalue weighted by molar-refractivity contribution is -0.121. The molecule has 1 heterocycles. The van der Waals surface area contributed by atoms with Gasteiger partial charge in [0.1, 0.15) is 0 Å². The molecule has 0 saturated carbocycles. The zero-order valence-electron chi connectivity index (χ0n) is 14.3. The summed E-state index contributed by atoms with van der Waals surface area (Å²) in [5.41, 5.74) is 2.43. The third-order valence-electron chi connectivity index (χ3n) is 3.60. The molecule has 25 heavy (non-hydrogen) atoms. The van der Waals surface area contributed by atoms with Crippen molar-refractivity contribution < 1.29 is 13.2 Å². The van der Waals surface area contributed by atoms with Gasteiger partial charge in [-0.1, -0.05) is 17.7 Å². The van der Waals surface area contributed by atoms with E-state index >= 15 is 0 Å². The lowest BCUT2D eigenvalue weighted by Gasteiger charge is -2.13. The molecular weight excluding hydrogens is 424 g/mol. The lowest BCUT2D eigenvalue weighted by atomic mass is 10.1. The molecule has 136 valence electrons. The number of benzene rings is 1. The quantitative estimate of drug-likeness (QED) is 0.686. The van der Waals surface area contributed by atoms with Crippen LogP contribution in [0.3, 0.4) is 0 Å². The highest BCUT2D eigenvalue weighted by Crippen LogP contribution is 2.21. The van der Waals surface area contributed by atoms with Gasteiger partial charge in [-0.2, -0.15) is 0 Å². The Labute approximate surface area is 161 Å². The molecule has 2 aromatic rings. The maximum absolute atomic E-state index is 12.5. The van der Waals surface area contributed by atoms with E-state index in [1.807, 2.05) is 30.5 Å². The maximum atomic E-state index is 12.5. The minimum atomic E-state index is -3.63. The normalized spacial score (nSPS) is 11.5. The standard InChI is InChI=1S/C17H21BrN2O3S2/c1-11-6-12(2)17(13(3)7-11)25(22,23)20-5-4-16(21)19-9-15-8-14(18)10-24-15/h6-8,10,20H,4-5,9H2,1-3H3,(H,19,21). The summed E-state index contributed by atoms with van der Waals surface area (Å²) < 4.78 is 28.5. The van der Waals surface area contributed by atoms with Gasteiger partial charge >= 0.3 is 0 Å². The highest BCUT2D eigenvalue weighted by molar-refractivity contribution is 9.10. The summed E-state index contributed by atoms with van der Waals surface area (Å²) in [6, 6.07) is 5.62. The fourth-order valence-corrected chi connectivity index (χ4v) is 5.55. The molecule has 0 fully saturated rings. The smallest absolute Gasteiger partial charge is 0.241 e. The van der Waals surface area contributed by atoms with E-state index in [1.54, 1.807) is 25.2 Å². The molecule has 0 aliphatic rings. The molecule has 0 saturated heterocycles. The number of aryl methyl sites for hydroxylation is 3. The Morgan fingerprint density at radius 3 is 2.36 bits per heavy atom. The monoisotopic (exact) mass is 444 g/mol. The van der Waals surface area contributed by atoms with Gasteiger partial charge in [-0.15, -0.1) is 11.3 Å². The fourth-order valence-electron chi connectivity index (χ4n) is 2.68. The number of rotatable bonds is 7. The van der Waals surface area contributed by atoms with Crippen LogP contribution in [0, 0.1) is 20.8 Å². The molecule has 0 aliphatic carbocycles. The molecule has 0 unspecified atom stereocenters. The van der Waals surface area contributed by atoms with E-state index in [9.17, 15) is 13.2 Å². The molecule has 0 radical (unpaired) electrons. The highest BCUT2D eigenvalue weighted by atomic mass is 79.9. The Bertz CT molecular complexity index is 853. The van der Waals surface area contributed by atoms with Crippen molar-refractivity contribution in [3.63, 3.8) is 0 Å². The largest absolute Gasteiger partial charge is 0.351 e. The molecule has 2 N–H and O–H groups in total. The van der Waals surface area contributed by atoms with Crippen LogP contribution in [0.15, 0.2) is 32.9 Å². The second-order valence-corrected chi connectivity index (χ2v) is 9.50. The first-order valence-corrected chi connectivity index (χ1v) is 10.9. The summed E-state index contributed by atoms with van der Waals surface area (Å²) >= 11 is 4.91. The Kier molecular flexibility index (Phi) is 6.79. The Hall–Kier alpha value is -1.22. The van der Waals surface area contributed by atoms with Crippen molar-refractivity contribution >= 4 is 43.2 Å². The van der Waals surface area contributed by atoms with Crippen LogP contribution in [0.25, 0.3) is 0 Å². The zero-order chi connectivity index (χ0) is 18.6. The molecule has 0 bridgehead atoms. The van der Waals surface area contributed by atoms with Crippen molar-refractivity contribution in [2.45, 2.75) is 38.6 Å². The molecule has 0 spiro atoms. The molecule has 0 aliphatic heterocycles. The van der Waals surface area contributed by atoms with Gasteiger partial charge in [0, 0.05) is 27.7 Å². The first kappa shape index (κ1) is 20.1. The van der Waals surface area contributed by atoms with Crippen molar-refractivity contribution in [2.75, 3.05) is 6.54 Å². The number of sulfonamides is 1. The van der Waals surface area contributed by atoms with Crippen LogP contribution in [0.4, 0.5) is 0 Å². The van der Waals surface area contributed by atoms with Crippen molar-refractivity contribution in [2.24, 2.45) is 0 Å². The average Bonchev–Trinajstić information content (AvgIpc) is 2.89. The van der Waals surface area contributed by atoms with E-state index in [0.717, 1.165) is 14.9 Å². The van der Waals surface area contributed by atoms with Crippen LogP contribution >= 0.6 is 27.3 Å². The highest BCUT2D eigenvalue weighted by Gasteiger charge is 2.19. The molecule has 2 rings (SSSR count). The van der Waals surface area contributed by atoms with Gasteiger partial charge < -0.3 is 5.32 Å². The topological polar surface area (TPSA) is 75.3 Å². The number of amides is 1. The van der Waals surface area contributed by atoms with Crippen LogP contribution in [0.1, 0.15) is 28.0 Å². The minimum Gasteiger partial charge on any atom is -0.351 e. The summed E-state index contributed by atoms with van der Waals surface area (Å²) in [7, 11) is -3.63. The van der Waals surface area contributed by atoms with Gasteiger partial charge in [-0.3, -0.25) is 4.79 Å². The van der Waals surface area contributed by atoms with E-state index in [2.05, 4.69) is 26.0 Å². The van der Waals surface area contributed by atoms with E-state index in [1.165, 1.54) is 0 Å². The first-order chi connectivity index (χ1) is 11.7. The average molecular weight is 445 g/mol. The van der Waals surface area contributed by atoms with E-state index in [0.29, 0.717) is 22.6 Å². The maximum Gasteiger partial charge on any atom is 0.241 e. The van der Waals surface area contributed by atoms with Crippen LogP contribution in [0.2, 0.25) is 0 Å². The van der Waals surface area contributed by atoms with Crippen LogP contribution in [0.5, 0.6) is 0 Å². The van der Waals surface area contributed by atoms with Crippen LogP contribution in [-0.2, 0) is 21.4 Å². The summed E-state index contributed by atoms with van der Waals surface area (Å²) in [5.74, 6) is -0.190. The van der Waals surface area contributed by atoms with Crippen molar-refractivity contribution in [1.29, 1.82) is 0 Å². The summed E-state index contributed by atoms with van der Waals surface area (Å²) in [4.78, 5) is 13.2. The van der Waals surface area contributed by atoms with Crippen molar-refractivity contribution in [3.8, 4) is 0 Å². The second kappa shape index (κ2) is 8.44. The van der Waals surface area contributed by atoms with Gasteiger partial charge in [-0.05, 0) is 53.9 Å². The van der Waals surface area contributed by atoms with E-state index in [4.69, 9.17) is 0 Å². The number of carbonyl (C=O) groups is 1. The fraction of sp³-hybridized carbons (Fsp3) is 0.353. The lowest BCUT2D eigenvalue weighted by Crippen LogP contribution is -2.31. The molecular formula is C17H21BrN2O3S2. The third-order valence-corrected chi connectivity index (χ3v) is 7.06. The Morgan fingerprint density at radius 1 is 1.16 bits per heavy atom. The second-order valence-electron chi connectivity index (χ2n) is 5.88. The molecule has 1 amide bonds. The predicted octanol–water partition coefficient (Wildman–Crippen LogP) is 3.42. The van der Waals surface area contributed by atoms with Gasteiger partial charge in [0.25, 0.3) is 0 Å².